The lowest BCUT2D eigenvalue weighted by Gasteiger charge is -2.08. The van der Waals surface area contributed by atoms with E-state index < -0.39 is 0 Å². The van der Waals surface area contributed by atoms with Crippen LogP contribution >= 0.6 is 27.3 Å². The zero-order chi connectivity index (χ0) is 18.8. The van der Waals surface area contributed by atoms with E-state index in [9.17, 15) is 0 Å². The van der Waals surface area contributed by atoms with Crippen molar-refractivity contribution in [1.82, 2.24) is 9.55 Å². The van der Waals surface area contributed by atoms with Crippen LogP contribution in [0.1, 0.15) is 5.56 Å². The summed E-state index contributed by atoms with van der Waals surface area (Å²) in [5.41, 5.74) is 2.90. The fraction of sp³-hybridized carbons (Fsp3) is 0.150. The van der Waals surface area contributed by atoms with Gasteiger partial charge < -0.3 is 14.2 Å². The highest BCUT2D eigenvalue weighted by Crippen LogP contribution is 2.34. The zero-order valence-electron chi connectivity index (χ0n) is 14.8. The summed E-state index contributed by atoms with van der Waals surface area (Å²) in [6, 6.07) is 13.9. The van der Waals surface area contributed by atoms with E-state index in [0.717, 1.165) is 31.8 Å². The number of thiophene rings is 1. The summed E-state index contributed by atoms with van der Waals surface area (Å²) in [6.45, 7) is 0.507. The molecule has 27 heavy (non-hydrogen) atoms. The Morgan fingerprint density at radius 2 is 1.85 bits per heavy atom. The molecule has 0 unspecified atom stereocenters. The molecule has 2 heterocycles. The van der Waals surface area contributed by atoms with Crippen LogP contribution in [0, 0.1) is 0 Å². The molecule has 0 spiro atoms. The summed E-state index contributed by atoms with van der Waals surface area (Å²) in [4.78, 5) is 4.48. The molecular weight excluding hydrogens is 428 g/mol. The third-order valence-electron chi connectivity index (χ3n) is 4.20. The van der Waals surface area contributed by atoms with Crippen molar-refractivity contribution in [1.29, 1.82) is 0 Å². The standard InChI is InChI=1S/C20H17BrN2O3S/c1-24-18-8-16-17(9-19(18)25-2)23(12-22-16)20-7-14(11-27-20)26-10-13-5-3-4-6-15(13)21/h3-9,11-12H,10H2,1-2H3. The molecular formula is C20H17BrN2O3S. The van der Waals surface area contributed by atoms with Crippen molar-refractivity contribution in [2.75, 3.05) is 14.2 Å². The van der Waals surface area contributed by atoms with E-state index in [0.29, 0.717) is 18.1 Å². The van der Waals surface area contributed by atoms with Gasteiger partial charge in [0.2, 0.25) is 0 Å². The lowest BCUT2D eigenvalue weighted by atomic mass is 10.2. The molecule has 4 rings (SSSR count). The van der Waals surface area contributed by atoms with Crippen molar-refractivity contribution < 1.29 is 14.2 Å². The molecule has 0 saturated heterocycles. The third kappa shape index (κ3) is 3.52. The van der Waals surface area contributed by atoms with Gasteiger partial charge in [-0.05, 0) is 6.07 Å². The molecule has 0 aliphatic rings. The number of benzene rings is 2. The van der Waals surface area contributed by atoms with E-state index >= 15 is 0 Å². The zero-order valence-corrected chi connectivity index (χ0v) is 17.2. The summed E-state index contributed by atoms with van der Waals surface area (Å²) in [6.07, 6.45) is 1.80. The minimum atomic E-state index is 0.507. The van der Waals surface area contributed by atoms with E-state index in [-0.39, 0.29) is 0 Å². The molecule has 5 nitrogen and oxygen atoms in total. The maximum absolute atomic E-state index is 5.95. The summed E-state index contributed by atoms with van der Waals surface area (Å²) in [5.74, 6) is 2.17. The Morgan fingerprint density at radius 1 is 1.07 bits per heavy atom. The number of imidazole rings is 1. The smallest absolute Gasteiger partial charge is 0.163 e. The first-order chi connectivity index (χ1) is 13.2. The highest BCUT2D eigenvalue weighted by Gasteiger charge is 2.13. The van der Waals surface area contributed by atoms with Crippen LogP contribution in [-0.4, -0.2) is 23.8 Å². The largest absolute Gasteiger partial charge is 0.493 e. The fourth-order valence-corrected chi connectivity index (χ4v) is 4.01. The Morgan fingerprint density at radius 3 is 2.63 bits per heavy atom. The fourth-order valence-electron chi connectivity index (χ4n) is 2.80. The molecule has 0 radical (unpaired) electrons. The van der Waals surface area contributed by atoms with Crippen molar-refractivity contribution in [3.63, 3.8) is 0 Å². The Kier molecular flexibility index (Phi) is 5.05. The van der Waals surface area contributed by atoms with E-state index in [2.05, 4.69) is 20.9 Å². The van der Waals surface area contributed by atoms with Gasteiger partial charge in [-0.25, -0.2) is 4.98 Å². The molecule has 0 aliphatic carbocycles. The minimum Gasteiger partial charge on any atom is -0.493 e. The van der Waals surface area contributed by atoms with Crippen LogP contribution in [-0.2, 0) is 6.61 Å². The van der Waals surface area contributed by atoms with Crippen molar-refractivity contribution >= 4 is 38.3 Å². The molecule has 0 amide bonds. The van der Waals surface area contributed by atoms with Gasteiger partial charge in [0.15, 0.2) is 11.5 Å². The van der Waals surface area contributed by atoms with Gasteiger partial charge in [0, 0.05) is 33.6 Å². The van der Waals surface area contributed by atoms with Crippen molar-refractivity contribution in [2.45, 2.75) is 6.61 Å². The first-order valence-electron chi connectivity index (χ1n) is 8.24. The van der Waals surface area contributed by atoms with Crippen molar-refractivity contribution in [2.24, 2.45) is 0 Å². The lowest BCUT2D eigenvalue weighted by molar-refractivity contribution is 0.307. The topological polar surface area (TPSA) is 45.5 Å². The van der Waals surface area contributed by atoms with Crippen molar-refractivity contribution in [3.05, 3.63) is 64.2 Å². The third-order valence-corrected chi connectivity index (χ3v) is 5.88. The molecule has 7 heteroatoms. The number of hydrogen-bond donors (Lipinski definition) is 0. The van der Waals surface area contributed by atoms with Gasteiger partial charge in [0.25, 0.3) is 0 Å². The van der Waals surface area contributed by atoms with Crippen LogP contribution in [0.15, 0.2) is 58.6 Å². The second kappa shape index (κ2) is 7.62. The van der Waals surface area contributed by atoms with Crippen LogP contribution in [0.3, 0.4) is 0 Å². The van der Waals surface area contributed by atoms with Crippen LogP contribution < -0.4 is 14.2 Å². The molecule has 0 saturated carbocycles. The molecule has 0 bridgehead atoms. The van der Waals surface area contributed by atoms with Gasteiger partial charge >= 0.3 is 0 Å². The van der Waals surface area contributed by atoms with Crippen LogP contribution in [0.5, 0.6) is 17.2 Å². The Labute approximate surface area is 169 Å². The number of halogens is 1. The quantitative estimate of drug-likeness (QED) is 0.396. The number of rotatable bonds is 6. The molecule has 2 aromatic heterocycles. The summed E-state index contributed by atoms with van der Waals surface area (Å²) >= 11 is 5.15. The average Bonchev–Trinajstić information content (AvgIpc) is 3.32. The number of fused-ring (bicyclic) bond motifs is 1. The Balaban J connectivity index is 1.60. The van der Waals surface area contributed by atoms with Crippen LogP contribution in [0.2, 0.25) is 0 Å². The minimum absolute atomic E-state index is 0.507. The second-order valence-corrected chi connectivity index (χ2v) is 7.56. The molecule has 0 fully saturated rings. The molecule has 0 N–H and O–H groups in total. The number of aromatic nitrogens is 2. The van der Waals surface area contributed by atoms with Gasteiger partial charge in [0.1, 0.15) is 23.7 Å². The van der Waals surface area contributed by atoms with E-state index in [1.54, 1.807) is 31.9 Å². The van der Waals surface area contributed by atoms with Gasteiger partial charge in [-0.15, -0.1) is 11.3 Å². The predicted octanol–water partition coefficient (Wildman–Crippen LogP) is 5.45. The van der Waals surface area contributed by atoms with E-state index in [1.165, 1.54) is 0 Å². The number of hydrogen-bond acceptors (Lipinski definition) is 5. The normalized spacial score (nSPS) is 10.9. The van der Waals surface area contributed by atoms with Gasteiger partial charge in [-0.2, -0.15) is 0 Å². The summed E-state index contributed by atoms with van der Waals surface area (Å²) < 4.78 is 19.8. The van der Waals surface area contributed by atoms with Crippen molar-refractivity contribution in [3.8, 4) is 22.2 Å². The highest BCUT2D eigenvalue weighted by atomic mass is 79.9. The van der Waals surface area contributed by atoms with Gasteiger partial charge in [-0.3, -0.25) is 4.57 Å². The molecule has 4 aromatic rings. The van der Waals surface area contributed by atoms with Gasteiger partial charge in [0.05, 0.1) is 25.3 Å². The average molecular weight is 445 g/mol. The highest BCUT2D eigenvalue weighted by molar-refractivity contribution is 9.10. The van der Waals surface area contributed by atoms with Gasteiger partial charge in [-0.1, -0.05) is 34.1 Å². The Bertz CT molecular complexity index is 1090. The SMILES string of the molecule is COc1cc2ncn(-c3cc(OCc4ccccc4Br)cs3)c2cc1OC. The molecule has 138 valence electrons. The van der Waals surface area contributed by atoms with E-state index in [1.807, 2.05) is 52.4 Å². The number of nitrogens with zero attached hydrogens (tertiary/aromatic N) is 2. The molecule has 0 aliphatic heterocycles. The van der Waals surface area contributed by atoms with Crippen LogP contribution in [0.25, 0.3) is 16.0 Å². The summed E-state index contributed by atoms with van der Waals surface area (Å²) in [5, 5.41) is 3.02. The maximum atomic E-state index is 5.95. The first kappa shape index (κ1) is 17.9. The molecule has 0 atom stereocenters. The Hall–Kier alpha value is -2.51. The maximum Gasteiger partial charge on any atom is 0.163 e. The second-order valence-electron chi connectivity index (χ2n) is 5.81. The monoisotopic (exact) mass is 444 g/mol. The predicted molar refractivity (Wildman–Crippen MR) is 111 cm³/mol. The lowest BCUT2D eigenvalue weighted by Crippen LogP contribution is -1.95. The van der Waals surface area contributed by atoms with E-state index in [4.69, 9.17) is 14.2 Å². The van der Waals surface area contributed by atoms with Crippen LogP contribution in [0.4, 0.5) is 0 Å². The molecule has 2 aromatic carbocycles. The number of ether oxygens (including phenoxy) is 3. The first-order valence-corrected chi connectivity index (χ1v) is 9.91. The summed E-state index contributed by atoms with van der Waals surface area (Å²) in [7, 11) is 3.25. The number of methoxy groups -OCH3 is 2.